The van der Waals surface area contributed by atoms with Gasteiger partial charge < -0.3 is 20.5 Å². The van der Waals surface area contributed by atoms with E-state index >= 15 is 0 Å². The third-order valence-electron chi connectivity index (χ3n) is 2.76. The molecule has 1 aliphatic heterocycles. The molecule has 1 aromatic carbocycles. The summed E-state index contributed by atoms with van der Waals surface area (Å²) in [6.45, 7) is 1.92. The number of nitrogens with one attached hydrogen (secondary N) is 2. The Hall–Kier alpha value is -2.02. The van der Waals surface area contributed by atoms with Crippen molar-refractivity contribution in [1.82, 2.24) is 10.6 Å². The second-order valence-electron chi connectivity index (χ2n) is 4.07. The number of esters is 1. The van der Waals surface area contributed by atoms with Gasteiger partial charge in [0.25, 0.3) is 0 Å². The highest BCUT2D eigenvalue weighted by Crippen LogP contribution is 2.33. The molecule has 0 radical (unpaired) electrons. The van der Waals surface area contributed by atoms with Crippen LogP contribution in [0.2, 0.25) is 0 Å². The highest BCUT2D eigenvalue weighted by molar-refractivity contribution is 9.10. The second-order valence-corrected chi connectivity index (χ2v) is 4.99. The van der Waals surface area contributed by atoms with Gasteiger partial charge in [0.2, 0.25) is 0 Å². The lowest BCUT2D eigenvalue weighted by atomic mass is 9.97. The van der Waals surface area contributed by atoms with Gasteiger partial charge >= 0.3 is 12.0 Å². The molecule has 7 heteroatoms. The molecule has 106 valence electrons. The summed E-state index contributed by atoms with van der Waals surface area (Å²) < 4.78 is 5.67. The van der Waals surface area contributed by atoms with Crippen molar-refractivity contribution in [2.24, 2.45) is 0 Å². The van der Waals surface area contributed by atoms with Gasteiger partial charge in [-0.25, -0.2) is 9.59 Å². The number of phenolic OH excluding ortho intramolecular Hbond substituents is 1. The molecule has 0 bridgehead atoms. The molecule has 1 atom stereocenters. The number of carbonyl (C=O) groups excluding carboxylic acids is 2. The molecule has 0 aromatic heterocycles. The Morgan fingerprint density at radius 1 is 1.50 bits per heavy atom. The first-order valence-electron chi connectivity index (χ1n) is 5.95. The quantitative estimate of drug-likeness (QED) is 0.734. The number of hydrogen-bond acceptors (Lipinski definition) is 4. The molecule has 0 fully saturated rings. The number of aromatic hydroxyl groups is 1. The molecule has 1 aliphatic rings. The van der Waals surface area contributed by atoms with Crippen LogP contribution < -0.4 is 10.6 Å². The van der Waals surface area contributed by atoms with Gasteiger partial charge in [-0.2, -0.15) is 0 Å². The molecule has 1 aromatic rings. The standard InChI is InChI=1S/C13H13BrN2O4/c1-2-20-12(18)9-6-15-13(19)16-11(9)8-5-7(14)3-4-10(8)17/h3-6,11,17H,2H2,1H3,(H2,15,16,19)/t11-/m1/s1. The fraction of sp³-hybridized carbons (Fsp3) is 0.231. The van der Waals surface area contributed by atoms with Gasteiger partial charge in [-0.15, -0.1) is 0 Å². The highest BCUT2D eigenvalue weighted by atomic mass is 79.9. The molecule has 0 unspecified atom stereocenters. The largest absolute Gasteiger partial charge is 0.508 e. The van der Waals surface area contributed by atoms with Gasteiger partial charge in [-0.05, 0) is 25.1 Å². The van der Waals surface area contributed by atoms with E-state index in [9.17, 15) is 14.7 Å². The SMILES string of the molecule is CCOC(=O)C1=CNC(=O)N[C@@H]1c1cc(Br)ccc1O. The van der Waals surface area contributed by atoms with Crippen molar-refractivity contribution in [3.63, 3.8) is 0 Å². The summed E-state index contributed by atoms with van der Waals surface area (Å²) in [6, 6.07) is 3.56. The molecular weight excluding hydrogens is 328 g/mol. The molecule has 2 rings (SSSR count). The Bertz CT molecular complexity index is 586. The normalized spacial score (nSPS) is 17.8. The van der Waals surface area contributed by atoms with Crippen molar-refractivity contribution >= 4 is 27.9 Å². The highest BCUT2D eigenvalue weighted by Gasteiger charge is 2.30. The molecule has 1 heterocycles. The van der Waals surface area contributed by atoms with E-state index in [0.29, 0.717) is 5.56 Å². The molecule has 20 heavy (non-hydrogen) atoms. The Kier molecular flexibility index (Phi) is 4.29. The fourth-order valence-electron chi connectivity index (χ4n) is 1.87. The minimum absolute atomic E-state index is 0.0180. The van der Waals surface area contributed by atoms with Crippen LogP contribution in [0.15, 0.2) is 34.4 Å². The third-order valence-corrected chi connectivity index (χ3v) is 3.25. The van der Waals surface area contributed by atoms with Crippen LogP contribution in [0.5, 0.6) is 5.75 Å². The monoisotopic (exact) mass is 340 g/mol. The van der Waals surface area contributed by atoms with Crippen LogP contribution in [0.1, 0.15) is 18.5 Å². The van der Waals surface area contributed by atoms with Crippen LogP contribution in [-0.4, -0.2) is 23.7 Å². The van der Waals surface area contributed by atoms with E-state index in [4.69, 9.17) is 4.74 Å². The van der Waals surface area contributed by atoms with Gasteiger partial charge in [-0.1, -0.05) is 15.9 Å². The zero-order chi connectivity index (χ0) is 14.7. The van der Waals surface area contributed by atoms with Crippen molar-refractivity contribution in [3.05, 3.63) is 40.0 Å². The molecule has 0 spiro atoms. The Morgan fingerprint density at radius 3 is 2.95 bits per heavy atom. The summed E-state index contributed by atoms with van der Waals surface area (Å²) >= 11 is 3.29. The van der Waals surface area contributed by atoms with E-state index in [0.717, 1.165) is 4.47 Å². The maximum absolute atomic E-state index is 11.9. The number of phenols is 1. The van der Waals surface area contributed by atoms with Crippen molar-refractivity contribution < 1.29 is 19.4 Å². The third kappa shape index (κ3) is 2.93. The smallest absolute Gasteiger partial charge is 0.337 e. The van der Waals surface area contributed by atoms with Crippen LogP contribution in [0, 0.1) is 0 Å². The predicted molar refractivity (Wildman–Crippen MR) is 74.9 cm³/mol. The van der Waals surface area contributed by atoms with E-state index in [1.54, 1.807) is 19.1 Å². The average Bonchev–Trinajstić information content (AvgIpc) is 2.41. The van der Waals surface area contributed by atoms with Gasteiger partial charge in [0.15, 0.2) is 0 Å². The van der Waals surface area contributed by atoms with Crippen molar-refractivity contribution in [2.45, 2.75) is 13.0 Å². The Balaban J connectivity index is 2.42. The summed E-state index contributed by atoms with van der Waals surface area (Å²) in [6.07, 6.45) is 1.29. The maximum Gasteiger partial charge on any atom is 0.337 e. The Morgan fingerprint density at radius 2 is 2.25 bits per heavy atom. The summed E-state index contributed by atoms with van der Waals surface area (Å²) in [4.78, 5) is 23.4. The van der Waals surface area contributed by atoms with Crippen LogP contribution >= 0.6 is 15.9 Å². The lowest BCUT2D eigenvalue weighted by Gasteiger charge is -2.25. The first-order chi connectivity index (χ1) is 9.52. The number of amides is 2. The van der Waals surface area contributed by atoms with E-state index in [1.807, 2.05) is 0 Å². The molecule has 0 saturated heterocycles. The number of urea groups is 1. The van der Waals surface area contributed by atoms with Crippen molar-refractivity contribution in [2.75, 3.05) is 6.61 Å². The summed E-state index contributed by atoms with van der Waals surface area (Å²) in [5, 5.41) is 14.9. The topological polar surface area (TPSA) is 87.7 Å². The molecule has 3 N–H and O–H groups in total. The van der Waals surface area contributed by atoms with Crippen LogP contribution in [-0.2, 0) is 9.53 Å². The maximum atomic E-state index is 11.9. The van der Waals surface area contributed by atoms with E-state index in [2.05, 4.69) is 26.6 Å². The van der Waals surface area contributed by atoms with Gasteiger partial charge in [0.05, 0.1) is 18.2 Å². The van der Waals surface area contributed by atoms with Crippen LogP contribution in [0.25, 0.3) is 0 Å². The summed E-state index contributed by atoms with van der Waals surface area (Å²) in [5.74, 6) is -0.569. The van der Waals surface area contributed by atoms with Gasteiger partial charge in [0.1, 0.15) is 5.75 Å². The van der Waals surface area contributed by atoms with E-state index in [1.165, 1.54) is 12.3 Å². The lowest BCUT2D eigenvalue weighted by molar-refractivity contribution is -0.139. The number of carbonyl (C=O) groups is 2. The average molecular weight is 341 g/mol. The first-order valence-corrected chi connectivity index (χ1v) is 6.75. The zero-order valence-corrected chi connectivity index (χ0v) is 12.2. The number of hydrogen-bond donors (Lipinski definition) is 3. The second kappa shape index (κ2) is 5.96. The number of rotatable bonds is 3. The zero-order valence-electron chi connectivity index (χ0n) is 10.6. The van der Waals surface area contributed by atoms with Crippen molar-refractivity contribution in [3.8, 4) is 5.75 Å². The molecule has 6 nitrogen and oxygen atoms in total. The molecule has 2 amide bonds. The molecule has 0 saturated carbocycles. The Labute approximate surface area is 123 Å². The lowest BCUT2D eigenvalue weighted by Crippen LogP contribution is -2.42. The van der Waals surface area contributed by atoms with Gasteiger partial charge in [0, 0.05) is 16.2 Å². The number of halogens is 1. The van der Waals surface area contributed by atoms with E-state index < -0.39 is 18.0 Å². The summed E-state index contributed by atoms with van der Waals surface area (Å²) in [7, 11) is 0. The van der Waals surface area contributed by atoms with Crippen LogP contribution in [0.4, 0.5) is 4.79 Å². The number of benzene rings is 1. The minimum Gasteiger partial charge on any atom is -0.508 e. The first kappa shape index (κ1) is 14.4. The molecule has 0 aliphatic carbocycles. The number of ether oxygens (including phenoxy) is 1. The predicted octanol–water partition coefficient (Wildman–Crippen LogP) is 1.96. The minimum atomic E-state index is -0.764. The van der Waals surface area contributed by atoms with E-state index in [-0.39, 0.29) is 17.9 Å². The van der Waals surface area contributed by atoms with Crippen LogP contribution in [0.3, 0.4) is 0 Å². The molecular formula is C13H13BrN2O4. The van der Waals surface area contributed by atoms with Gasteiger partial charge in [-0.3, -0.25) is 0 Å². The fourth-order valence-corrected chi connectivity index (χ4v) is 2.25. The van der Waals surface area contributed by atoms with Crippen molar-refractivity contribution in [1.29, 1.82) is 0 Å². The summed E-state index contributed by atoms with van der Waals surface area (Å²) in [5.41, 5.74) is 0.633.